The number of para-hydroxylation sites is 1. The second-order valence-electron chi connectivity index (χ2n) is 8.44. The van der Waals surface area contributed by atoms with E-state index in [1.54, 1.807) is 36.5 Å². The molecule has 3 aromatic rings. The number of rotatable bonds is 8. The first-order valence-electron chi connectivity index (χ1n) is 11.5. The Bertz CT molecular complexity index is 1150. The molecule has 4 rings (SSSR count). The number of aromatic carboxylic acids is 1. The highest BCUT2D eigenvalue weighted by Crippen LogP contribution is 2.33. The molecule has 0 saturated heterocycles. The van der Waals surface area contributed by atoms with Crippen LogP contribution in [0.3, 0.4) is 0 Å². The van der Waals surface area contributed by atoms with Crippen LogP contribution in [-0.4, -0.2) is 28.1 Å². The number of nitrogens with zero attached hydrogens (tertiary/aromatic N) is 1. The van der Waals surface area contributed by atoms with Crippen molar-refractivity contribution in [3.63, 3.8) is 0 Å². The highest BCUT2D eigenvalue weighted by atomic mass is 16.5. The van der Waals surface area contributed by atoms with Crippen LogP contribution in [-0.2, 0) is 11.2 Å². The van der Waals surface area contributed by atoms with Gasteiger partial charge in [-0.3, -0.25) is 4.79 Å². The molecule has 1 aliphatic rings. The fraction of sp³-hybridized carbons (Fsp3) is 0.296. The molecule has 1 saturated carbocycles. The van der Waals surface area contributed by atoms with Crippen LogP contribution in [0, 0.1) is 6.92 Å². The molecule has 1 amide bonds. The van der Waals surface area contributed by atoms with Gasteiger partial charge >= 0.3 is 5.97 Å². The Kier molecular flexibility index (Phi) is 7.42. The van der Waals surface area contributed by atoms with Crippen LogP contribution in [0.4, 0.5) is 5.69 Å². The predicted octanol–water partition coefficient (Wildman–Crippen LogP) is 5.77. The van der Waals surface area contributed by atoms with E-state index in [0.29, 0.717) is 17.2 Å². The number of pyridine rings is 1. The summed E-state index contributed by atoms with van der Waals surface area (Å²) in [6.07, 6.45) is 7.77. The Labute approximate surface area is 198 Å². The Balaban J connectivity index is 1.37. The van der Waals surface area contributed by atoms with E-state index in [-0.39, 0.29) is 29.7 Å². The number of carbonyl (C=O) groups is 2. The number of anilines is 1. The number of aromatic nitrogens is 1. The van der Waals surface area contributed by atoms with Gasteiger partial charge in [-0.05, 0) is 62.4 Å². The minimum absolute atomic E-state index is 0.0442. The fourth-order valence-electron chi connectivity index (χ4n) is 4.04. The fourth-order valence-corrected chi connectivity index (χ4v) is 4.04. The standard InChI is InChI=1S/C27H28N2O5/c1-18-23(33-20-8-3-2-4-9-20)12-7-13-24(18)34-26-15-14-19(17-28-26)16-25(30)29-22-11-6-5-10-21(22)27(31)32/h5-7,10-15,17,20H,2-4,8-9,16H2,1H3,(H,29,30)(H,31,32). The maximum absolute atomic E-state index is 12.4. The topological polar surface area (TPSA) is 97.8 Å². The van der Waals surface area contributed by atoms with Gasteiger partial charge in [0.2, 0.25) is 11.8 Å². The van der Waals surface area contributed by atoms with Gasteiger partial charge in [-0.15, -0.1) is 0 Å². The summed E-state index contributed by atoms with van der Waals surface area (Å²) in [7, 11) is 0. The summed E-state index contributed by atoms with van der Waals surface area (Å²) in [6, 6.07) is 15.5. The van der Waals surface area contributed by atoms with E-state index in [2.05, 4.69) is 10.3 Å². The molecule has 0 bridgehead atoms. The molecule has 1 aliphatic carbocycles. The van der Waals surface area contributed by atoms with Gasteiger partial charge in [-0.1, -0.05) is 30.7 Å². The van der Waals surface area contributed by atoms with Crippen LogP contribution < -0.4 is 14.8 Å². The summed E-state index contributed by atoms with van der Waals surface area (Å²) >= 11 is 0. The smallest absolute Gasteiger partial charge is 0.337 e. The summed E-state index contributed by atoms with van der Waals surface area (Å²) in [5, 5.41) is 11.9. The third-order valence-corrected chi connectivity index (χ3v) is 5.89. The first-order valence-corrected chi connectivity index (χ1v) is 11.5. The summed E-state index contributed by atoms with van der Waals surface area (Å²) in [5.74, 6) is 0.504. The van der Waals surface area contributed by atoms with Crippen molar-refractivity contribution >= 4 is 17.6 Å². The average Bonchev–Trinajstić information content (AvgIpc) is 2.84. The lowest BCUT2D eigenvalue weighted by Gasteiger charge is -2.24. The third-order valence-electron chi connectivity index (χ3n) is 5.89. The number of hydrogen-bond donors (Lipinski definition) is 2. The maximum atomic E-state index is 12.4. The molecular weight excluding hydrogens is 432 g/mol. The SMILES string of the molecule is Cc1c(Oc2ccc(CC(=O)Nc3ccccc3C(=O)O)cn2)cccc1OC1CCCCC1. The van der Waals surface area contributed by atoms with E-state index < -0.39 is 5.97 Å². The van der Waals surface area contributed by atoms with Gasteiger partial charge in [0.25, 0.3) is 0 Å². The zero-order chi connectivity index (χ0) is 23.9. The second kappa shape index (κ2) is 10.8. The molecular formula is C27H28N2O5. The molecule has 34 heavy (non-hydrogen) atoms. The third kappa shape index (κ3) is 5.92. The van der Waals surface area contributed by atoms with Crippen LogP contribution in [0.5, 0.6) is 17.4 Å². The summed E-state index contributed by atoms with van der Waals surface area (Å²) < 4.78 is 12.2. The van der Waals surface area contributed by atoms with Crippen molar-refractivity contribution < 1.29 is 24.2 Å². The number of benzene rings is 2. The van der Waals surface area contributed by atoms with E-state index in [4.69, 9.17) is 9.47 Å². The first kappa shape index (κ1) is 23.3. The molecule has 7 nitrogen and oxygen atoms in total. The molecule has 1 heterocycles. The van der Waals surface area contributed by atoms with Crippen LogP contribution in [0.2, 0.25) is 0 Å². The summed E-state index contributed by atoms with van der Waals surface area (Å²) in [4.78, 5) is 28.0. The molecule has 0 radical (unpaired) electrons. The van der Waals surface area contributed by atoms with Gasteiger partial charge in [0, 0.05) is 17.8 Å². The normalized spacial score (nSPS) is 13.8. The Hall–Kier alpha value is -3.87. The van der Waals surface area contributed by atoms with Gasteiger partial charge in [-0.2, -0.15) is 0 Å². The first-order chi connectivity index (χ1) is 16.5. The monoisotopic (exact) mass is 460 g/mol. The number of ether oxygens (including phenoxy) is 2. The van der Waals surface area contributed by atoms with E-state index in [1.807, 2.05) is 25.1 Å². The van der Waals surface area contributed by atoms with Crippen molar-refractivity contribution in [2.24, 2.45) is 0 Å². The molecule has 1 aromatic heterocycles. The molecule has 2 N–H and O–H groups in total. The molecule has 0 unspecified atom stereocenters. The van der Waals surface area contributed by atoms with Gasteiger partial charge in [0.15, 0.2) is 0 Å². The predicted molar refractivity (Wildman–Crippen MR) is 129 cm³/mol. The molecule has 0 atom stereocenters. The zero-order valence-corrected chi connectivity index (χ0v) is 19.1. The maximum Gasteiger partial charge on any atom is 0.337 e. The van der Waals surface area contributed by atoms with Crippen LogP contribution >= 0.6 is 0 Å². The van der Waals surface area contributed by atoms with Gasteiger partial charge < -0.3 is 19.9 Å². The quantitative estimate of drug-likeness (QED) is 0.443. The number of amides is 1. The van der Waals surface area contributed by atoms with Crippen LogP contribution in [0.1, 0.15) is 53.6 Å². The summed E-state index contributed by atoms with van der Waals surface area (Å²) in [5.41, 5.74) is 1.92. The minimum Gasteiger partial charge on any atom is -0.490 e. The molecule has 176 valence electrons. The van der Waals surface area contributed by atoms with Crippen molar-refractivity contribution in [2.75, 3.05) is 5.32 Å². The Morgan fingerprint density at radius 1 is 1.00 bits per heavy atom. The van der Waals surface area contributed by atoms with Gasteiger partial charge in [0.1, 0.15) is 11.5 Å². The summed E-state index contributed by atoms with van der Waals surface area (Å²) in [6.45, 7) is 1.97. The van der Waals surface area contributed by atoms with Crippen molar-refractivity contribution in [3.05, 3.63) is 77.5 Å². The number of carbonyl (C=O) groups excluding carboxylic acids is 1. The van der Waals surface area contributed by atoms with Crippen molar-refractivity contribution in [3.8, 4) is 17.4 Å². The molecule has 0 spiro atoms. The Morgan fingerprint density at radius 2 is 1.76 bits per heavy atom. The van der Waals surface area contributed by atoms with Gasteiger partial charge in [0.05, 0.1) is 23.8 Å². The van der Waals surface area contributed by atoms with E-state index in [9.17, 15) is 14.7 Å². The number of carboxylic acid groups (broad SMARTS) is 1. The van der Waals surface area contributed by atoms with E-state index in [1.165, 1.54) is 25.3 Å². The zero-order valence-electron chi connectivity index (χ0n) is 19.1. The van der Waals surface area contributed by atoms with Crippen molar-refractivity contribution in [1.82, 2.24) is 4.98 Å². The molecule has 1 fully saturated rings. The van der Waals surface area contributed by atoms with Crippen LogP contribution in [0.15, 0.2) is 60.8 Å². The average molecular weight is 461 g/mol. The molecule has 2 aromatic carbocycles. The highest BCUT2D eigenvalue weighted by molar-refractivity contribution is 6.00. The lowest BCUT2D eigenvalue weighted by molar-refractivity contribution is -0.115. The van der Waals surface area contributed by atoms with Crippen molar-refractivity contribution in [2.45, 2.75) is 51.6 Å². The molecule has 0 aliphatic heterocycles. The highest BCUT2D eigenvalue weighted by Gasteiger charge is 2.17. The van der Waals surface area contributed by atoms with E-state index >= 15 is 0 Å². The number of nitrogens with one attached hydrogen (secondary N) is 1. The Morgan fingerprint density at radius 3 is 2.50 bits per heavy atom. The second-order valence-corrected chi connectivity index (χ2v) is 8.44. The van der Waals surface area contributed by atoms with Crippen LogP contribution in [0.25, 0.3) is 0 Å². The van der Waals surface area contributed by atoms with Crippen molar-refractivity contribution in [1.29, 1.82) is 0 Å². The lowest BCUT2D eigenvalue weighted by atomic mass is 9.97. The lowest BCUT2D eigenvalue weighted by Crippen LogP contribution is -2.20. The number of hydrogen-bond acceptors (Lipinski definition) is 5. The number of carboxylic acids is 1. The minimum atomic E-state index is -1.09. The van der Waals surface area contributed by atoms with E-state index in [0.717, 1.165) is 24.2 Å². The van der Waals surface area contributed by atoms with Gasteiger partial charge in [-0.25, -0.2) is 9.78 Å². The largest absolute Gasteiger partial charge is 0.490 e. The molecule has 7 heteroatoms.